The van der Waals surface area contributed by atoms with Gasteiger partial charge < -0.3 is 15.0 Å². The van der Waals surface area contributed by atoms with Crippen LogP contribution in [0, 0.1) is 13.7 Å². The lowest BCUT2D eigenvalue weighted by atomic mass is 10.1. The fourth-order valence-electron chi connectivity index (χ4n) is 1.91. The summed E-state index contributed by atoms with van der Waals surface area (Å²) in [5.41, 5.74) is 3.57. The molecule has 17 heavy (non-hydrogen) atoms. The molecule has 1 aliphatic rings. The smallest absolute Gasteiger partial charge is 0.219 e. The first-order valence-corrected chi connectivity index (χ1v) is 5.79. The molecule has 0 unspecified atom stereocenters. The number of hydrogen-bond donors (Lipinski definition) is 1. The molecule has 0 aromatic heterocycles. The molecule has 0 bridgehead atoms. The molecule has 1 aromatic rings. The van der Waals surface area contributed by atoms with Gasteiger partial charge in [0.2, 0.25) is 5.91 Å². The number of anilines is 1. The van der Waals surface area contributed by atoms with E-state index >= 15 is 0 Å². The number of para-hydroxylation sites is 1. The average molecular weight is 233 g/mol. The van der Waals surface area contributed by atoms with E-state index in [4.69, 9.17) is 4.74 Å². The van der Waals surface area contributed by atoms with E-state index in [0.717, 1.165) is 12.1 Å². The maximum absolute atomic E-state index is 11.4. The molecule has 1 fully saturated rings. The number of carbonyl (C=O) groups is 1. The van der Waals surface area contributed by atoms with Crippen LogP contribution < -0.4 is 5.32 Å². The minimum atomic E-state index is -0.0101. The summed E-state index contributed by atoms with van der Waals surface area (Å²) >= 11 is 0. The van der Waals surface area contributed by atoms with Crippen molar-refractivity contribution in [3.8, 4) is 0 Å². The predicted molar refractivity (Wildman–Crippen MR) is 66.1 cm³/mol. The van der Waals surface area contributed by atoms with Crippen LogP contribution >= 0.6 is 0 Å². The zero-order valence-electron chi connectivity index (χ0n) is 10.2. The molecule has 4 nitrogen and oxygen atoms in total. The van der Waals surface area contributed by atoms with Gasteiger partial charge in [-0.2, -0.15) is 0 Å². The lowest BCUT2D eigenvalue weighted by molar-refractivity contribution is -0.126. The van der Waals surface area contributed by atoms with Crippen molar-refractivity contribution in [3.63, 3.8) is 0 Å². The Bertz CT molecular complexity index is 418. The lowest BCUT2D eigenvalue weighted by Crippen LogP contribution is -2.29. The Morgan fingerprint density at radius 1 is 1.53 bits per heavy atom. The van der Waals surface area contributed by atoms with Crippen LogP contribution in [-0.2, 0) is 16.0 Å². The first-order chi connectivity index (χ1) is 8.22. The molecule has 4 heteroatoms. The highest BCUT2D eigenvalue weighted by molar-refractivity contribution is 5.79. The van der Waals surface area contributed by atoms with Crippen molar-refractivity contribution >= 4 is 11.6 Å². The second-order valence-electron chi connectivity index (χ2n) is 4.08. The summed E-state index contributed by atoms with van der Waals surface area (Å²) in [7, 11) is 0. The standard InChI is InChI=1S/C13H17N2O2/c1-3-11-6-4-5-10(2)13(11)14-8-15-9-17-7-12(15)16/h4-6,9,14H,3,7-8H2,1-2H3/q-1. The highest BCUT2D eigenvalue weighted by atomic mass is 16.5. The fourth-order valence-corrected chi connectivity index (χ4v) is 1.91. The maximum atomic E-state index is 11.4. The van der Waals surface area contributed by atoms with Gasteiger partial charge in [0.25, 0.3) is 0 Å². The number of ether oxygens (including phenoxy) is 1. The van der Waals surface area contributed by atoms with E-state index in [1.165, 1.54) is 17.9 Å². The van der Waals surface area contributed by atoms with Crippen molar-refractivity contribution in [2.24, 2.45) is 0 Å². The normalized spacial score (nSPS) is 15.4. The second-order valence-corrected chi connectivity index (χ2v) is 4.08. The monoisotopic (exact) mass is 233 g/mol. The van der Waals surface area contributed by atoms with Crippen molar-refractivity contribution < 1.29 is 9.53 Å². The highest BCUT2D eigenvalue weighted by Crippen LogP contribution is 2.21. The molecule has 0 atom stereocenters. The maximum Gasteiger partial charge on any atom is 0.219 e. The number of amides is 1. The van der Waals surface area contributed by atoms with Crippen LogP contribution in [0.4, 0.5) is 5.69 Å². The van der Waals surface area contributed by atoms with Crippen molar-refractivity contribution in [2.75, 3.05) is 18.6 Å². The molecule has 1 amide bonds. The zero-order valence-corrected chi connectivity index (χ0v) is 10.2. The molecular weight excluding hydrogens is 216 g/mol. The van der Waals surface area contributed by atoms with E-state index in [9.17, 15) is 4.79 Å². The van der Waals surface area contributed by atoms with Gasteiger partial charge in [-0.1, -0.05) is 25.1 Å². The van der Waals surface area contributed by atoms with Crippen LogP contribution in [0.3, 0.4) is 0 Å². The Morgan fingerprint density at radius 2 is 2.35 bits per heavy atom. The number of nitrogens with one attached hydrogen (secondary N) is 1. The van der Waals surface area contributed by atoms with Crippen LogP contribution in [0.2, 0.25) is 0 Å². The van der Waals surface area contributed by atoms with E-state index in [2.05, 4.69) is 37.4 Å². The minimum Gasteiger partial charge on any atom is -0.524 e. The molecular formula is C13H17N2O2-. The number of aryl methyl sites for hydroxylation is 2. The summed E-state index contributed by atoms with van der Waals surface area (Å²) in [5.74, 6) is -0.0101. The molecule has 0 spiro atoms. The number of carbonyl (C=O) groups excluding carboxylic acids is 1. The minimum absolute atomic E-state index is 0.0101. The zero-order chi connectivity index (χ0) is 12.3. The molecule has 1 aromatic carbocycles. The lowest BCUT2D eigenvalue weighted by Gasteiger charge is -2.25. The third-order valence-electron chi connectivity index (χ3n) is 2.90. The number of rotatable bonds is 4. The Hall–Kier alpha value is -1.55. The van der Waals surface area contributed by atoms with Crippen molar-refractivity contribution in [1.82, 2.24) is 4.90 Å². The Kier molecular flexibility index (Phi) is 3.64. The summed E-state index contributed by atoms with van der Waals surface area (Å²) in [6.45, 7) is 6.26. The first kappa shape index (κ1) is 11.9. The quantitative estimate of drug-likeness (QED) is 0.808. The molecule has 1 N–H and O–H groups in total. The number of benzene rings is 1. The third-order valence-corrected chi connectivity index (χ3v) is 2.90. The van der Waals surface area contributed by atoms with Gasteiger partial charge in [-0.25, -0.2) is 0 Å². The molecule has 0 aliphatic carbocycles. The fraction of sp³-hybridized carbons (Fsp3) is 0.385. The summed E-state index contributed by atoms with van der Waals surface area (Å²) in [6.07, 6.45) is 0.970. The molecule has 1 heterocycles. The van der Waals surface area contributed by atoms with Gasteiger partial charge in [0, 0.05) is 5.69 Å². The van der Waals surface area contributed by atoms with Crippen LogP contribution in [0.25, 0.3) is 0 Å². The van der Waals surface area contributed by atoms with E-state index in [-0.39, 0.29) is 12.5 Å². The number of hydrogen-bond acceptors (Lipinski definition) is 3. The second kappa shape index (κ2) is 5.19. The Morgan fingerprint density at radius 3 is 3.00 bits per heavy atom. The topological polar surface area (TPSA) is 41.6 Å². The Balaban J connectivity index is 2.05. The van der Waals surface area contributed by atoms with Crippen LogP contribution in [-0.4, -0.2) is 24.1 Å². The number of nitrogens with zero attached hydrogens (tertiary/aromatic N) is 1. The molecule has 0 radical (unpaired) electrons. The van der Waals surface area contributed by atoms with Crippen LogP contribution in [0.15, 0.2) is 18.2 Å². The van der Waals surface area contributed by atoms with E-state index in [0.29, 0.717) is 6.67 Å². The molecule has 2 rings (SSSR count). The van der Waals surface area contributed by atoms with Gasteiger partial charge in [-0.3, -0.25) is 4.79 Å². The van der Waals surface area contributed by atoms with E-state index < -0.39 is 0 Å². The van der Waals surface area contributed by atoms with E-state index in [1.54, 1.807) is 4.90 Å². The van der Waals surface area contributed by atoms with Crippen LogP contribution in [0.5, 0.6) is 0 Å². The molecule has 92 valence electrons. The van der Waals surface area contributed by atoms with Crippen LogP contribution in [0.1, 0.15) is 18.1 Å². The summed E-state index contributed by atoms with van der Waals surface area (Å²) in [6, 6.07) is 6.21. The molecule has 0 saturated carbocycles. The SMILES string of the molecule is CCc1cccc(C)c1NCN1[CH-]OCC1=O. The molecule has 1 saturated heterocycles. The van der Waals surface area contributed by atoms with Crippen molar-refractivity contribution in [2.45, 2.75) is 20.3 Å². The van der Waals surface area contributed by atoms with Gasteiger partial charge in [0.1, 0.15) is 0 Å². The van der Waals surface area contributed by atoms with E-state index in [1.807, 2.05) is 0 Å². The third kappa shape index (κ3) is 2.58. The van der Waals surface area contributed by atoms with Gasteiger partial charge in [-0.05, 0) is 24.5 Å². The van der Waals surface area contributed by atoms with Gasteiger partial charge in [-0.15, -0.1) is 6.73 Å². The summed E-state index contributed by atoms with van der Waals surface area (Å²) < 4.78 is 4.96. The summed E-state index contributed by atoms with van der Waals surface area (Å²) in [4.78, 5) is 12.9. The van der Waals surface area contributed by atoms with Gasteiger partial charge in [0.15, 0.2) is 0 Å². The predicted octanol–water partition coefficient (Wildman–Crippen LogP) is 1.90. The van der Waals surface area contributed by atoms with Gasteiger partial charge in [0.05, 0.1) is 13.3 Å². The highest BCUT2D eigenvalue weighted by Gasteiger charge is 2.12. The van der Waals surface area contributed by atoms with Crippen molar-refractivity contribution in [3.05, 3.63) is 36.1 Å². The largest absolute Gasteiger partial charge is 0.524 e. The summed E-state index contributed by atoms with van der Waals surface area (Å²) in [5, 5.41) is 3.30. The average Bonchev–Trinajstić information content (AvgIpc) is 2.73. The van der Waals surface area contributed by atoms with Gasteiger partial charge >= 0.3 is 0 Å². The first-order valence-electron chi connectivity index (χ1n) is 5.79. The molecule has 1 aliphatic heterocycles. The van der Waals surface area contributed by atoms with Crippen molar-refractivity contribution in [1.29, 1.82) is 0 Å². The Labute approximate surface area is 102 Å².